The molecule has 126 valence electrons. The summed E-state index contributed by atoms with van der Waals surface area (Å²) in [6.45, 7) is 0. The summed E-state index contributed by atoms with van der Waals surface area (Å²) in [4.78, 5) is 13.1. The Morgan fingerprint density at radius 3 is 2.79 bits per heavy atom. The fourth-order valence-corrected chi connectivity index (χ4v) is 3.08. The molecule has 0 radical (unpaired) electrons. The summed E-state index contributed by atoms with van der Waals surface area (Å²) in [6, 6.07) is 4.23. The normalized spacial score (nSPS) is 24.4. The molecule has 2 heterocycles. The van der Waals surface area contributed by atoms with E-state index in [-0.39, 0.29) is 0 Å². The van der Waals surface area contributed by atoms with E-state index in [2.05, 4.69) is 30.5 Å². The Morgan fingerprint density at radius 1 is 1.17 bits per heavy atom. The molecule has 0 atom stereocenters. The van der Waals surface area contributed by atoms with Gasteiger partial charge in [-0.1, -0.05) is 0 Å². The van der Waals surface area contributed by atoms with E-state index in [1.165, 1.54) is 18.5 Å². The number of nitrogens with two attached hydrogens (primary N) is 1. The van der Waals surface area contributed by atoms with Gasteiger partial charge in [0.25, 0.3) is 5.95 Å². The molecule has 7 nitrogen and oxygen atoms in total. The average Bonchev–Trinajstić information content (AvgIpc) is 3.35. The second kappa shape index (κ2) is 6.68. The van der Waals surface area contributed by atoms with Crippen molar-refractivity contribution < 1.29 is 0 Å². The second-order valence-corrected chi connectivity index (χ2v) is 6.80. The average molecular weight is 325 g/mol. The molecule has 2 aromatic rings. The number of hydrogen-bond donors (Lipinski definition) is 3. The van der Waals surface area contributed by atoms with Crippen LogP contribution in [0, 0.1) is 5.92 Å². The van der Waals surface area contributed by atoms with Crippen molar-refractivity contribution in [2.75, 3.05) is 5.32 Å². The molecular formula is C17H23N7. The maximum Gasteiger partial charge on any atom is 0.250 e. The van der Waals surface area contributed by atoms with E-state index in [9.17, 15) is 0 Å². The molecule has 0 unspecified atom stereocenters. The maximum atomic E-state index is 5.94. The van der Waals surface area contributed by atoms with Gasteiger partial charge in [-0.3, -0.25) is 5.10 Å². The molecule has 2 fully saturated rings. The van der Waals surface area contributed by atoms with Crippen LogP contribution in [0.3, 0.4) is 0 Å². The summed E-state index contributed by atoms with van der Waals surface area (Å²) in [6.07, 6.45) is 10.5. The van der Waals surface area contributed by atoms with Crippen LogP contribution >= 0.6 is 0 Å². The Balaban J connectivity index is 1.39. The largest absolute Gasteiger partial charge is 0.328 e. The first kappa shape index (κ1) is 15.3. The summed E-state index contributed by atoms with van der Waals surface area (Å²) in [7, 11) is 0. The number of H-pyrrole nitrogens is 1. The third kappa shape index (κ3) is 3.79. The summed E-state index contributed by atoms with van der Waals surface area (Å²) >= 11 is 0. The Kier molecular flexibility index (Phi) is 4.25. The van der Waals surface area contributed by atoms with Gasteiger partial charge in [-0.05, 0) is 50.5 Å². The third-order valence-electron chi connectivity index (χ3n) is 4.73. The minimum Gasteiger partial charge on any atom is -0.328 e. The number of hydrogen-bond acceptors (Lipinski definition) is 6. The number of aliphatic imine (C=N–C) groups is 1. The van der Waals surface area contributed by atoms with Crippen LogP contribution in [0.1, 0.15) is 50.1 Å². The first-order valence-electron chi connectivity index (χ1n) is 8.71. The van der Waals surface area contributed by atoms with Crippen LogP contribution in [-0.4, -0.2) is 32.4 Å². The molecule has 0 amide bonds. The lowest BCUT2D eigenvalue weighted by atomic mass is 9.87. The lowest BCUT2D eigenvalue weighted by molar-refractivity contribution is 0.396. The van der Waals surface area contributed by atoms with Crippen LogP contribution in [0.5, 0.6) is 0 Å². The van der Waals surface area contributed by atoms with Crippen molar-refractivity contribution in [1.82, 2.24) is 20.2 Å². The monoisotopic (exact) mass is 325 g/mol. The summed E-state index contributed by atoms with van der Waals surface area (Å²) in [5, 5.41) is 10.6. The van der Waals surface area contributed by atoms with Crippen molar-refractivity contribution in [3.8, 4) is 0 Å². The fourth-order valence-electron chi connectivity index (χ4n) is 3.08. The fraction of sp³-hybridized carbons (Fsp3) is 0.529. The van der Waals surface area contributed by atoms with Crippen LogP contribution in [0.2, 0.25) is 0 Å². The topological polar surface area (TPSA) is 105 Å². The highest BCUT2D eigenvalue weighted by molar-refractivity contribution is 5.64. The summed E-state index contributed by atoms with van der Waals surface area (Å²) in [5.41, 5.74) is 7.13. The first-order chi connectivity index (χ1) is 11.8. The third-order valence-corrected chi connectivity index (χ3v) is 4.73. The first-order valence-corrected chi connectivity index (χ1v) is 8.71. The Bertz CT molecular complexity index is 711. The van der Waals surface area contributed by atoms with E-state index in [1.807, 2.05) is 18.3 Å². The number of anilines is 2. The SMILES string of the molecule is NC1CCC(/C=N/c2nccc(Nc3cc(C4CC4)[nH]n3)n2)CC1. The van der Waals surface area contributed by atoms with Crippen LogP contribution in [-0.2, 0) is 0 Å². The molecule has 4 N–H and O–H groups in total. The summed E-state index contributed by atoms with van der Waals surface area (Å²) in [5.74, 6) is 3.11. The van der Waals surface area contributed by atoms with Crippen LogP contribution < -0.4 is 11.1 Å². The lowest BCUT2D eigenvalue weighted by Crippen LogP contribution is -2.26. The highest BCUT2D eigenvalue weighted by Crippen LogP contribution is 2.39. The van der Waals surface area contributed by atoms with Gasteiger partial charge < -0.3 is 11.1 Å². The molecule has 2 aliphatic rings. The molecule has 0 bridgehead atoms. The van der Waals surface area contributed by atoms with Gasteiger partial charge in [-0.15, -0.1) is 0 Å². The molecule has 0 saturated heterocycles. The van der Waals surface area contributed by atoms with Crippen LogP contribution in [0.15, 0.2) is 23.3 Å². The predicted octanol–water partition coefficient (Wildman–Crippen LogP) is 3.04. The number of nitrogens with one attached hydrogen (secondary N) is 2. The van der Waals surface area contributed by atoms with Gasteiger partial charge in [0.2, 0.25) is 0 Å². The number of aromatic nitrogens is 4. The Morgan fingerprint density at radius 2 is 2.00 bits per heavy atom. The van der Waals surface area contributed by atoms with Crippen LogP contribution in [0.4, 0.5) is 17.6 Å². The molecule has 7 heteroatoms. The maximum absolute atomic E-state index is 5.94. The molecule has 0 aliphatic heterocycles. The second-order valence-electron chi connectivity index (χ2n) is 6.80. The van der Waals surface area contributed by atoms with Gasteiger partial charge in [-0.25, -0.2) is 9.98 Å². The number of nitrogens with zero attached hydrogens (tertiary/aromatic N) is 4. The van der Waals surface area contributed by atoms with Gasteiger partial charge in [-0.2, -0.15) is 10.1 Å². The minimum absolute atomic E-state index is 0.354. The van der Waals surface area contributed by atoms with Gasteiger partial charge in [0.05, 0.1) is 0 Å². The zero-order valence-electron chi connectivity index (χ0n) is 13.7. The van der Waals surface area contributed by atoms with Crippen molar-refractivity contribution in [2.24, 2.45) is 16.6 Å². The molecule has 2 aliphatic carbocycles. The van der Waals surface area contributed by atoms with Gasteiger partial charge in [0, 0.05) is 36.1 Å². The zero-order valence-corrected chi connectivity index (χ0v) is 13.7. The molecule has 24 heavy (non-hydrogen) atoms. The molecule has 2 saturated carbocycles. The smallest absolute Gasteiger partial charge is 0.250 e. The molecule has 2 aromatic heterocycles. The predicted molar refractivity (Wildman–Crippen MR) is 94.0 cm³/mol. The van der Waals surface area contributed by atoms with Crippen molar-refractivity contribution in [1.29, 1.82) is 0 Å². The number of rotatable bonds is 5. The zero-order chi connectivity index (χ0) is 16.4. The quantitative estimate of drug-likeness (QED) is 0.733. The van der Waals surface area contributed by atoms with Crippen molar-refractivity contribution in [2.45, 2.75) is 50.5 Å². The van der Waals surface area contributed by atoms with E-state index in [4.69, 9.17) is 5.73 Å². The van der Waals surface area contributed by atoms with E-state index in [0.717, 1.165) is 31.5 Å². The lowest BCUT2D eigenvalue weighted by Gasteiger charge is -2.22. The highest BCUT2D eigenvalue weighted by atomic mass is 15.2. The van der Waals surface area contributed by atoms with Crippen molar-refractivity contribution >= 4 is 23.8 Å². The van der Waals surface area contributed by atoms with Crippen molar-refractivity contribution in [3.05, 3.63) is 24.0 Å². The van der Waals surface area contributed by atoms with Crippen LogP contribution in [0.25, 0.3) is 0 Å². The van der Waals surface area contributed by atoms with E-state index < -0.39 is 0 Å². The van der Waals surface area contributed by atoms with Gasteiger partial charge in [0.15, 0.2) is 5.82 Å². The van der Waals surface area contributed by atoms with E-state index in [0.29, 0.717) is 29.6 Å². The minimum atomic E-state index is 0.354. The Labute approximate surface area is 141 Å². The molecule has 0 aromatic carbocycles. The van der Waals surface area contributed by atoms with E-state index in [1.54, 1.807) is 6.20 Å². The van der Waals surface area contributed by atoms with Gasteiger partial charge in [0.1, 0.15) is 5.82 Å². The molecule has 4 rings (SSSR count). The molecular weight excluding hydrogens is 302 g/mol. The van der Waals surface area contributed by atoms with Crippen molar-refractivity contribution in [3.63, 3.8) is 0 Å². The highest BCUT2D eigenvalue weighted by Gasteiger charge is 2.25. The number of aromatic amines is 1. The molecule has 0 spiro atoms. The van der Waals surface area contributed by atoms with E-state index >= 15 is 0 Å². The Hall–Kier alpha value is -2.28. The standard InChI is InChI=1S/C17H23N7/c18-13-5-1-11(2-6-13)10-20-17-19-8-7-15(22-17)21-16-9-14(23-24-16)12-3-4-12/h7-13H,1-6,18H2,(H2,19,21,22,23,24)/b20-10+. The summed E-state index contributed by atoms with van der Waals surface area (Å²) < 4.78 is 0. The van der Waals surface area contributed by atoms with Gasteiger partial charge >= 0.3 is 0 Å².